The van der Waals surface area contributed by atoms with Crippen molar-refractivity contribution >= 4 is 41.4 Å². The van der Waals surface area contributed by atoms with Crippen molar-refractivity contribution in [3.63, 3.8) is 0 Å². The molecule has 0 saturated carbocycles. The number of nitrogens with zero attached hydrogens (tertiary/aromatic N) is 3. The van der Waals surface area contributed by atoms with Crippen molar-refractivity contribution in [1.29, 1.82) is 0 Å². The van der Waals surface area contributed by atoms with Crippen molar-refractivity contribution < 1.29 is 46.2 Å². The van der Waals surface area contributed by atoms with Crippen molar-refractivity contribution in [1.82, 2.24) is 19.5 Å². The highest BCUT2D eigenvalue weighted by Gasteiger charge is 2.40. The van der Waals surface area contributed by atoms with Crippen LogP contribution in [-0.4, -0.2) is 43.4 Å². The van der Waals surface area contributed by atoms with Crippen LogP contribution in [0.1, 0.15) is 12.6 Å². The number of rotatable bonds is 4. The zero-order chi connectivity index (χ0) is 21.0. The highest BCUT2D eigenvalue weighted by atomic mass is 31.3. The summed E-state index contributed by atoms with van der Waals surface area (Å²) in [5.41, 5.74) is 5.12. The van der Waals surface area contributed by atoms with Gasteiger partial charge in [-0.1, -0.05) is 0 Å². The summed E-state index contributed by atoms with van der Waals surface area (Å²) >= 11 is 0. The molecular formula is C10H12N5O11P3-2. The maximum Gasteiger partial charge on any atom is 0.346 e. The average molecular weight is 471 g/mol. The first-order valence-corrected chi connectivity index (χ1v) is 11.8. The molecule has 16 nitrogen and oxygen atoms in total. The van der Waals surface area contributed by atoms with Crippen LogP contribution in [0.15, 0.2) is 11.1 Å². The molecule has 2 aromatic heterocycles. The summed E-state index contributed by atoms with van der Waals surface area (Å²) in [6.45, 7) is -0.466. The molecule has 0 aliphatic carbocycles. The lowest BCUT2D eigenvalue weighted by Crippen LogP contribution is -2.26. The number of H-pyrrole nitrogens is 1. The van der Waals surface area contributed by atoms with Gasteiger partial charge in [0.1, 0.15) is 12.3 Å². The molecule has 5 unspecified atom stereocenters. The predicted octanol–water partition coefficient (Wildman–Crippen LogP) is -1.41. The molecule has 4 N–H and O–H groups in total. The third-order valence-electron chi connectivity index (χ3n) is 3.84. The fourth-order valence-electron chi connectivity index (χ4n) is 2.70. The first kappa shape index (κ1) is 21.0. The van der Waals surface area contributed by atoms with Crippen molar-refractivity contribution in [3.05, 3.63) is 16.7 Å². The van der Waals surface area contributed by atoms with Gasteiger partial charge in [0.25, 0.3) is 21.2 Å². The van der Waals surface area contributed by atoms with E-state index < -0.39 is 54.8 Å². The van der Waals surface area contributed by atoms with Crippen LogP contribution in [0.3, 0.4) is 0 Å². The Morgan fingerprint density at radius 3 is 2.79 bits per heavy atom. The lowest BCUT2D eigenvalue weighted by atomic mass is 10.2. The number of anilines is 1. The largest absolute Gasteiger partial charge is 0.756 e. The Bertz CT molecular complexity index is 1060. The van der Waals surface area contributed by atoms with E-state index in [1.165, 1.54) is 10.9 Å². The summed E-state index contributed by atoms with van der Waals surface area (Å²) in [7, 11) is -13.1. The Balaban J connectivity index is 1.45. The number of aliphatic hydroxyl groups excluding tert-OH is 1. The number of hydrogen-bond acceptors (Lipinski definition) is 14. The first-order chi connectivity index (χ1) is 13.5. The second-order valence-corrected chi connectivity index (χ2v) is 10.3. The van der Waals surface area contributed by atoms with Crippen LogP contribution in [-0.2, 0) is 31.3 Å². The molecule has 4 heterocycles. The standard InChI is InChI=1S/C10H14N5O11P3/c11-10-13-8-7(9(17)14-10)12-3-15(8)6-1-4(16)5(23-6)2-22-27-24-28(18,19)26-29(20,21)25-27/h3-6,16H,1-2H2,(H,18,19)(H,20,21)(H3,11,13,14,17)/p-2. The van der Waals surface area contributed by atoms with Gasteiger partial charge in [-0.05, 0) is 0 Å². The molecule has 0 amide bonds. The first-order valence-electron chi connectivity index (χ1n) is 7.75. The number of hydrogen-bond donors (Lipinski definition) is 3. The predicted molar refractivity (Wildman–Crippen MR) is 88.4 cm³/mol. The van der Waals surface area contributed by atoms with Crippen LogP contribution in [0.5, 0.6) is 0 Å². The molecule has 0 spiro atoms. The van der Waals surface area contributed by atoms with E-state index in [1.807, 2.05) is 0 Å². The average Bonchev–Trinajstić information content (AvgIpc) is 3.13. The molecule has 0 bridgehead atoms. The molecule has 0 radical (unpaired) electrons. The summed E-state index contributed by atoms with van der Waals surface area (Å²) in [5.74, 6) is -0.136. The molecule has 4 rings (SSSR count). The Morgan fingerprint density at radius 1 is 1.41 bits per heavy atom. The number of phosphoric acid groups is 2. The molecule has 0 aromatic carbocycles. The summed E-state index contributed by atoms with van der Waals surface area (Å²) < 4.78 is 46.8. The molecule has 160 valence electrons. The number of nitrogens with two attached hydrogens (primary N) is 1. The van der Waals surface area contributed by atoms with Crippen molar-refractivity contribution in [3.8, 4) is 0 Å². The minimum atomic E-state index is -5.14. The molecule has 19 heteroatoms. The fraction of sp³-hybridized carbons (Fsp3) is 0.500. The van der Waals surface area contributed by atoms with Gasteiger partial charge >= 0.3 is 8.60 Å². The molecule has 5 atom stereocenters. The van der Waals surface area contributed by atoms with Gasteiger partial charge in [-0.2, -0.15) is 4.98 Å². The lowest BCUT2D eigenvalue weighted by Gasteiger charge is -2.38. The zero-order valence-corrected chi connectivity index (χ0v) is 16.7. The Kier molecular flexibility index (Phi) is 5.39. The summed E-state index contributed by atoms with van der Waals surface area (Å²) in [6, 6.07) is 0. The highest BCUT2D eigenvalue weighted by Crippen LogP contribution is 2.73. The lowest BCUT2D eigenvalue weighted by molar-refractivity contribution is -0.240. The smallest absolute Gasteiger partial charge is 0.346 e. The Labute approximate surface area is 161 Å². The third kappa shape index (κ3) is 4.43. The van der Waals surface area contributed by atoms with Gasteiger partial charge in [-0.15, -0.1) is 0 Å². The van der Waals surface area contributed by atoms with Gasteiger partial charge in [0.05, 0.1) is 19.0 Å². The highest BCUT2D eigenvalue weighted by molar-refractivity contribution is 7.71. The van der Waals surface area contributed by atoms with Gasteiger partial charge in [0.15, 0.2) is 11.2 Å². The van der Waals surface area contributed by atoms with Gasteiger partial charge in [-0.3, -0.25) is 23.5 Å². The van der Waals surface area contributed by atoms with E-state index in [0.29, 0.717) is 0 Å². The van der Waals surface area contributed by atoms with Crippen LogP contribution in [0.2, 0.25) is 0 Å². The summed E-state index contributed by atoms with van der Waals surface area (Å²) in [5, 5.41) is 10.2. The second-order valence-electron chi connectivity index (χ2n) is 5.87. The summed E-state index contributed by atoms with van der Waals surface area (Å²) in [4.78, 5) is 44.6. The molecule has 2 saturated heterocycles. The third-order valence-corrected chi connectivity index (χ3v) is 8.47. The number of aliphatic hydroxyl groups is 1. The molecule has 2 aromatic rings. The monoisotopic (exact) mass is 471 g/mol. The maximum absolute atomic E-state index is 11.8. The summed E-state index contributed by atoms with van der Waals surface area (Å²) in [6.07, 6.45) is -1.59. The fourth-order valence-corrected chi connectivity index (χ4v) is 6.80. The van der Waals surface area contributed by atoms with Crippen molar-refractivity contribution in [2.75, 3.05) is 12.3 Å². The van der Waals surface area contributed by atoms with Crippen LogP contribution >= 0.6 is 24.2 Å². The second kappa shape index (κ2) is 7.45. The topological polar surface area (TPSA) is 236 Å². The quantitative estimate of drug-likeness (QED) is 0.435. The van der Waals surface area contributed by atoms with Crippen LogP contribution in [0.4, 0.5) is 5.95 Å². The minimum Gasteiger partial charge on any atom is -0.756 e. The number of imidazole rings is 1. The number of nitrogens with one attached hydrogen (secondary N) is 1. The Morgan fingerprint density at radius 2 is 2.10 bits per heavy atom. The van der Waals surface area contributed by atoms with Gasteiger partial charge in [0, 0.05) is 6.42 Å². The molecule has 29 heavy (non-hydrogen) atoms. The number of nitrogen functional groups attached to an aromatic ring is 1. The van der Waals surface area contributed by atoms with Crippen LogP contribution in [0.25, 0.3) is 11.2 Å². The van der Waals surface area contributed by atoms with E-state index in [1.54, 1.807) is 0 Å². The molecular weight excluding hydrogens is 459 g/mol. The van der Waals surface area contributed by atoms with E-state index in [2.05, 4.69) is 27.9 Å². The van der Waals surface area contributed by atoms with E-state index in [4.69, 9.17) is 15.0 Å². The molecule has 2 aliphatic heterocycles. The molecule has 2 aliphatic rings. The Hall–Kier alpha value is -1.28. The number of aromatic amines is 1. The van der Waals surface area contributed by atoms with Gasteiger partial charge in [0.2, 0.25) is 5.95 Å². The van der Waals surface area contributed by atoms with E-state index in [9.17, 15) is 28.8 Å². The minimum absolute atomic E-state index is 0.0156. The van der Waals surface area contributed by atoms with E-state index in [-0.39, 0.29) is 23.5 Å². The normalized spacial score (nSPS) is 37.9. The van der Waals surface area contributed by atoms with E-state index in [0.717, 1.165) is 0 Å². The van der Waals surface area contributed by atoms with E-state index >= 15 is 0 Å². The number of fused-ring (bicyclic) bond motifs is 1. The van der Waals surface area contributed by atoms with Gasteiger partial charge in [-0.25, -0.2) is 17.9 Å². The van der Waals surface area contributed by atoms with Crippen molar-refractivity contribution in [2.24, 2.45) is 0 Å². The molecule has 2 fully saturated rings. The SMILES string of the molecule is Nc1nc2c(ncn2C2CC(O)C(COP3OP(=O)([O-])OP(=O)([O-])O3)O2)c(=O)[nH]1. The van der Waals surface area contributed by atoms with Crippen LogP contribution < -0.4 is 21.1 Å². The number of aromatic nitrogens is 4. The number of ether oxygens (including phenoxy) is 1. The van der Waals surface area contributed by atoms with Crippen molar-refractivity contribution in [2.45, 2.75) is 24.9 Å². The zero-order valence-electron chi connectivity index (χ0n) is 14.0. The van der Waals surface area contributed by atoms with Crippen LogP contribution in [0, 0.1) is 0 Å². The van der Waals surface area contributed by atoms with Gasteiger partial charge < -0.3 is 29.9 Å². The maximum atomic E-state index is 11.8.